The zero-order valence-electron chi connectivity index (χ0n) is 14.2. The predicted molar refractivity (Wildman–Crippen MR) is 94.2 cm³/mol. The Labute approximate surface area is 144 Å². The molecule has 1 heterocycles. The number of likely N-dealkylation sites (tertiary alicyclic amines) is 1. The molecule has 1 saturated heterocycles. The van der Waals surface area contributed by atoms with E-state index in [2.05, 4.69) is 4.90 Å². The molecular weight excluding hydrogens is 312 g/mol. The number of rotatable bonds is 8. The molecule has 1 aliphatic rings. The Balaban J connectivity index is 1.60. The molecule has 0 aliphatic carbocycles. The van der Waals surface area contributed by atoms with Gasteiger partial charge in [-0.1, -0.05) is 11.6 Å². The summed E-state index contributed by atoms with van der Waals surface area (Å²) in [5.41, 5.74) is 1.00. The van der Waals surface area contributed by atoms with Gasteiger partial charge in [0.05, 0.1) is 6.61 Å². The zero-order chi connectivity index (χ0) is 16.7. The highest BCUT2D eigenvalue weighted by Gasteiger charge is 2.14. The molecule has 1 fully saturated rings. The molecule has 4 nitrogen and oxygen atoms in total. The summed E-state index contributed by atoms with van der Waals surface area (Å²) in [6, 6.07) is 5.62. The SMILES string of the molecule is Cc1cc(OCCCC(=O)N(C)CCN2CCCC2)ccc1Cl. The van der Waals surface area contributed by atoms with E-state index in [-0.39, 0.29) is 5.91 Å². The van der Waals surface area contributed by atoms with Crippen LogP contribution in [0.4, 0.5) is 0 Å². The van der Waals surface area contributed by atoms with Gasteiger partial charge in [-0.05, 0) is 63.0 Å². The Morgan fingerprint density at radius 3 is 2.78 bits per heavy atom. The number of hydrogen-bond acceptors (Lipinski definition) is 3. The van der Waals surface area contributed by atoms with Crippen molar-refractivity contribution >= 4 is 17.5 Å². The van der Waals surface area contributed by atoms with Gasteiger partial charge in [0, 0.05) is 31.6 Å². The van der Waals surface area contributed by atoms with Crippen molar-refractivity contribution in [3.8, 4) is 5.75 Å². The van der Waals surface area contributed by atoms with Crippen molar-refractivity contribution in [2.45, 2.75) is 32.6 Å². The van der Waals surface area contributed by atoms with Crippen LogP contribution in [-0.4, -0.2) is 55.5 Å². The summed E-state index contributed by atoms with van der Waals surface area (Å²) in [6.45, 7) is 6.66. The molecule has 0 saturated carbocycles. The molecule has 128 valence electrons. The summed E-state index contributed by atoms with van der Waals surface area (Å²) in [7, 11) is 1.89. The maximum atomic E-state index is 12.1. The van der Waals surface area contributed by atoms with E-state index in [4.69, 9.17) is 16.3 Å². The highest BCUT2D eigenvalue weighted by Crippen LogP contribution is 2.21. The minimum absolute atomic E-state index is 0.195. The maximum absolute atomic E-state index is 12.1. The second-order valence-electron chi connectivity index (χ2n) is 6.23. The predicted octanol–water partition coefficient (Wildman–Crippen LogP) is 3.36. The highest BCUT2D eigenvalue weighted by atomic mass is 35.5. The first-order chi connectivity index (χ1) is 11.1. The average molecular weight is 339 g/mol. The van der Waals surface area contributed by atoms with Crippen LogP contribution in [0.2, 0.25) is 5.02 Å². The van der Waals surface area contributed by atoms with Gasteiger partial charge in [0.25, 0.3) is 0 Å². The number of carbonyl (C=O) groups excluding carboxylic acids is 1. The normalized spacial score (nSPS) is 14.9. The minimum Gasteiger partial charge on any atom is -0.494 e. The first-order valence-electron chi connectivity index (χ1n) is 8.41. The van der Waals surface area contributed by atoms with E-state index in [0.29, 0.717) is 13.0 Å². The minimum atomic E-state index is 0.195. The molecular formula is C18H27ClN2O2. The number of carbonyl (C=O) groups is 1. The molecule has 0 spiro atoms. The lowest BCUT2D eigenvalue weighted by Crippen LogP contribution is -2.35. The monoisotopic (exact) mass is 338 g/mol. The average Bonchev–Trinajstić information content (AvgIpc) is 3.05. The fraction of sp³-hybridized carbons (Fsp3) is 0.611. The summed E-state index contributed by atoms with van der Waals surface area (Å²) in [4.78, 5) is 16.4. The summed E-state index contributed by atoms with van der Waals surface area (Å²) in [5.74, 6) is 1.00. The van der Waals surface area contributed by atoms with Crippen LogP contribution < -0.4 is 4.74 Å². The smallest absolute Gasteiger partial charge is 0.222 e. The molecule has 1 aromatic rings. The quantitative estimate of drug-likeness (QED) is 0.681. The van der Waals surface area contributed by atoms with E-state index >= 15 is 0 Å². The fourth-order valence-corrected chi connectivity index (χ4v) is 2.85. The van der Waals surface area contributed by atoms with E-state index in [1.54, 1.807) is 0 Å². The number of halogens is 1. The van der Waals surface area contributed by atoms with Crippen molar-refractivity contribution in [2.75, 3.05) is 39.8 Å². The van der Waals surface area contributed by atoms with Gasteiger partial charge < -0.3 is 14.5 Å². The Bertz CT molecular complexity index is 516. The Hall–Kier alpha value is -1.26. The number of benzene rings is 1. The summed E-state index contributed by atoms with van der Waals surface area (Å²) < 4.78 is 5.68. The molecule has 5 heteroatoms. The second kappa shape index (κ2) is 9.14. The number of aryl methyl sites for hydroxylation is 1. The second-order valence-corrected chi connectivity index (χ2v) is 6.63. The third kappa shape index (κ3) is 6.04. The Morgan fingerprint density at radius 1 is 1.35 bits per heavy atom. The molecule has 0 radical (unpaired) electrons. The van der Waals surface area contributed by atoms with Gasteiger partial charge in [-0.15, -0.1) is 0 Å². The molecule has 0 aromatic heterocycles. The number of hydrogen-bond donors (Lipinski definition) is 0. The van der Waals surface area contributed by atoms with Crippen LogP contribution in [0.15, 0.2) is 18.2 Å². The van der Waals surface area contributed by atoms with Crippen LogP contribution in [0.3, 0.4) is 0 Å². The summed E-state index contributed by atoms with van der Waals surface area (Å²) in [6.07, 6.45) is 3.84. The molecule has 0 atom stereocenters. The van der Waals surface area contributed by atoms with Gasteiger partial charge in [0.2, 0.25) is 5.91 Å². The third-order valence-electron chi connectivity index (χ3n) is 4.31. The van der Waals surface area contributed by atoms with E-state index < -0.39 is 0 Å². The number of amides is 1. The molecule has 23 heavy (non-hydrogen) atoms. The van der Waals surface area contributed by atoms with Crippen molar-refractivity contribution in [3.05, 3.63) is 28.8 Å². The summed E-state index contributed by atoms with van der Waals surface area (Å²) in [5, 5.41) is 0.743. The van der Waals surface area contributed by atoms with Crippen LogP contribution in [-0.2, 0) is 4.79 Å². The molecule has 1 aliphatic heterocycles. The van der Waals surface area contributed by atoms with Crippen LogP contribution >= 0.6 is 11.6 Å². The molecule has 1 amide bonds. The molecule has 0 N–H and O–H groups in total. The van der Waals surface area contributed by atoms with Crippen LogP contribution in [0.25, 0.3) is 0 Å². The largest absolute Gasteiger partial charge is 0.494 e. The van der Waals surface area contributed by atoms with E-state index in [1.807, 2.05) is 37.1 Å². The lowest BCUT2D eigenvalue weighted by Gasteiger charge is -2.21. The van der Waals surface area contributed by atoms with Gasteiger partial charge in [0.15, 0.2) is 0 Å². The van der Waals surface area contributed by atoms with Crippen LogP contribution in [0.5, 0.6) is 5.75 Å². The van der Waals surface area contributed by atoms with Crippen molar-refractivity contribution in [3.63, 3.8) is 0 Å². The van der Waals surface area contributed by atoms with Crippen molar-refractivity contribution in [2.24, 2.45) is 0 Å². The number of ether oxygens (including phenoxy) is 1. The lowest BCUT2D eigenvalue weighted by atomic mass is 10.2. The Kier molecular flexibility index (Phi) is 7.18. The van der Waals surface area contributed by atoms with E-state index in [9.17, 15) is 4.79 Å². The number of likely N-dealkylation sites (N-methyl/N-ethyl adjacent to an activating group) is 1. The van der Waals surface area contributed by atoms with Gasteiger partial charge in [-0.25, -0.2) is 0 Å². The van der Waals surface area contributed by atoms with Gasteiger partial charge in [-0.3, -0.25) is 4.79 Å². The van der Waals surface area contributed by atoms with Crippen molar-refractivity contribution < 1.29 is 9.53 Å². The Morgan fingerprint density at radius 2 is 2.09 bits per heavy atom. The number of nitrogens with zero attached hydrogens (tertiary/aromatic N) is 2. The maximum Gasteiger partial charge on any atom is 0.222 e. The topological polar surface area (TPSA) is 32.8 Å². The van der Waals surface area contributed by atoms with Gasteiger partial charge in [0.1, 0.15) is 5.75 Å². The first-order valence-corrected chi connectivity index (χ1v) is 8.79. The van der Waals surface area contributed by atoms with Crippen LogP contribution in [0.1, 0.15) is 31.2 Å². The van der Waals surface area contributed by atoms with Crippen molar-refractivity contribution in [1.82, 2.24) is 9.80 Å². The third-order valence-corrected chi connectivity index (χ3v) is 4.73. The van der Waals surface area contributed by atoms with E-state index in [1.165, 1.54) is 25.9 Å². The molecule has 2 rings (SSSR count). The summed E-state index contributed by atoms with van der Waals surface area (Å²) >= 11 is 5.99. The standard InChI is InChI=1S/C18H27ClN2O2/c1-15-14-16(7-8-17(15)19)23-13-5-6-18(22)20(2)11-12-21-9-3-4-10-21/h7-8,14H,3-6,9-13H2,1-2H3. The van der Waals surface area contributed by atoms with Crippen LogP contribution in [0, 0.1) is 6.92 Å². The van der Waals surface area contributed by atoms with Crippen molar-refractivity contribution in [1.29, 1.82) is 0 Å². The highest BCUT2D eigenvalue weighted by molar-refractivity contribution is 6.31. The van der Waals surface area contributed by atoms with E-state index in [0.717, 1.165) is 35.8 Å². The molecule has 0 bridgehead atoms. The van der Waals surface area contributed by atoms with Gasteiger partial charge in [-0.2, -0.15) is 0 Å². The first kappa shape index (κ1) is 18.1. The zero-order valence-corrected chi connectivity index (χ0v) is 14.9. The molecule has 0 unspecified atom stereocenters. The molecule has 1 aromatic carbocycles. The lowest BCUT2D eigenvalue weighted by molar-refractivity contribution is -0.130. The fourth-order valence-electron chi connectivity index (χ4n) is 2.73. The van der Waals surface area contributed by atoms with Gasteiger partial charge >= 0.3 is 0 Å².